The van der Waals surface area contributed by atoms with Crippen LogP contribution < -0.4 is 4.90 Å². The third-order valence-corrected chi connectivity index (χ3v) is 3.76. The van der Waals surface area contributed by atoms with Crippen molar-refractivity contribution < 1.29 is 4.74 Å². The number of hydrogen-bond donors (Lipinski definition) is 0. The smallest absolute Gasteiger partial charge is 0.132 e. The van der Waals surface area contributed by atoms with Crippen molar-refractivity contribution in [2.24, 2.45) is 0 Å². The zero-order valence-electron chi connectivity index (χ0n) is 13.1. The molecule has 4 heteroatoms. The Morgan fingerprint density at radius 1 is 1.30 bits per heavy atom. The largest absolute Gasteiger partial charge is 0.376 e. The lowest BCUT2D eigenvalue weighted by molar-refractivity contribution is 0.0209. The molecule has 2 heterocycles. The summed E-state index contributed by atoms with van der Waals surface area (Å²) in [6.07, 6.45) is 6.10. The fourth-order valence-electron chi connectivity index (χ4n) is 2.72. The zero-order valence-corrected chi connectivity index (χ0v) is 13.1. The van der Waals surface area contributed by atoms with Gasteiger partial charge in [-0.1, -0.05) is 13.8 Å². The molecule has 20 heavy (non-hydrogen) atoms. The van der Waals surface area contributed by atoms with Gasteiger partial charge in [-0.2, -0.15) is 0 Å². The molecule has 0 spiro atoms. The van der Waals surface area contributed by atoms with E-state index in [0.717, 1.165) is 49.9 Å². The van der Waals surface area contributed by atoms with Gasteiger partial charge in [0.2, 0.25) is 0 Å². The van der Waals surface area contributed by atoms with E-state index in [-0.39, 0.29) is 0 Å². The Kier molecular flexibility index (Phi) is 5.77. The van der Waals surface area contributed by atoms with Gasteiger partial charge in [-0.25, -0.2) is 9.97 Å². The highest BCUT2D eigenvalue weighted by Crippen LogP contribution is 2.19. The van der Waals surface area contributed by atoms with Crippen LogP contribution in [0.3, 0.4) is 0 Å². The van der Waals surface area contributed by atoms with Crippen molar-refractivity contribution in [1.29, 1.82) is 0 Å². The van der Waals surface area contributed by atoms with Gasteiger partial charge >= 0.3 is 0 Å². The van der Waals surface area contributed by atoms with Crippen molar-refractivity contribution in [3.63, 3.8) is 0 Å². The van der Waals surface area contributed by atoms with Gasteiger partial charge in [-0.3, -0.25) is 0 Å². The van der Waals surface area contributed by atoms with Crippen molar-refractivity contribution in [2.75, 3.05) is 24.6 Å². The molecule has 4 nitrogen and oxygen atoms in total. The fourth-order valence-corrected chi connectivity index (χ4v) is 2.72. The standard InChI is InChI=1S/C16H27N3O/c1-4-9-19(12-15-8-6-7-10-20-15)16-11-14(5-2)17-13(3)18-16/h11,15H,4-10,12H2,1-3H3. The van der Waals surface area contributed by atoms with Gasteiger partial charge in [0.1, 0.15) is 11.6 Å². The quantitative estimate of drug-likeness (QED) is 0.800. The van der Waals surface area contributed by atoms with Gasteiger partial charge in [-0.05, 0) is 39.0 Å². The van der Waals surface area contributed by atoms with E-state index in [9.17, 15) is 0 Å². The summed E-state index contributed by atoms with van der Waals surface area (Å²) < 4.78 is 5.88. The molecule has 0 radical (unpaired) electrons. The Hall–Kier alpha value is -1.16. The number of hydrogen-bond acceptors (Lipinski definition) is 4. The first-order chi connectivity index (χ1) is 9.72. The van der Waals surface area contributed by atoms with Gasteiger partial charge in [-0.15, -0.1) is 0 Å². The highest BCUT2D eigenvalue weighted by atomic mass is 16.5. The summed E-state index contributed by atoms with van der Waals surface area (Å²) in [4.78, 5) is 11.5. The van der Waals surface area contributed by atoms with Crippen molar-refractivity contribution in [3.05, 3.63) is 17.6 Å². The lowest BCUT2D eigenvalue weighted by Crippen LogP contribution is -2.37. The minimum Gasteiger partial charge on any atom is -0.376 e. The number of rotatable bonds is 6. The molecular weight excluding hydrogens is 250 g/mol. The first kappa shape index (κ1) is 15.2. The first-order valence-electron chi connectivity index (χ1n) is 7.94. The van der Waals surface area contributed by atoms with Gasteiger partial charge < -0.3 is 9.64 Å². The van der Waals surface area contributed by atoms with E-state index < -0.39 is 0 Å². The van der Waals surface area contributed by atoms with E-state index in [0.29, 0.717) is 6.10 Å². The summed E-state index contributed by atoms with van der Waals surface area (Å²) in [7, 11) is 0. The minimum absolute atomic E-state index is 0.357. The Bertz CT molecular complexity index is 416. The normalized spacial score (nSPS) is 19.1. The van der Waals surface area contributed by atoms with Gasteiger partial charge in [0.15, 0.2) is 0 Å². The number of ether oxygens (including phenoxy) is 1. The topological polar surface area (TPSA) is 38.2 Å². The number of nitrogens with zero attached hydrogens (tertiary/aromatic N) is 3. The van der Waals surface area contributed by atoms with Crippen LogP contribution in [0, 0.1) is 6.92 Å². The zero-order chi connectivity index (χ0) is 14.4. The molecule has 1 fully saturated rings. The van der Waals surface area contributed by atoms with E-state index in [2.05, 4.69) is 34.8 Å². The maximum atomic E-state index is 5.88. The van der Waals surface area contributed by atoms with Crippen LogP contribution in [-0.2, 0) is 11.2 Å². The lowest BCUT2D eigenvalue weighted by atomic mass is 10.1. The van der Waals surface area contributed by atoms with Gasteiger partial charge in [0, 0.05) is 31.5 Å². The molecule has 1 atom stereocenters. The van der Waals surface area contributed by atoms with Crippen LogP contribution in [0.2, 0.25) is 0 Å². The highest BCUT2D eigenvalue weighted by molar-refractivity contribution is 5.40. The average molecular weight is 277 g/mol. The minimum atomic E-state index is 0.357. The molecule has 2 rings (SSSR count). The molecule has 0 aliphatic carbocycles. The van der Waals surface area contributed by atoms with Crippen molar-refractivity contribution in [3.8, 4) is 0 Å². The second-order valence-corrected chi connectivity index (χ2v) is 5.55. The Morgan fingerprint density at radius 2 is 2.15 bits per heavy atom. The van der Waals surface area contributed by atoms with Gasteiger partial charge in [0.05, 0.1) is 6.10 Å². The van der Waals surface area contributed by atoms with Crippen LogP contribution in [0.4, 0.5) is 5.82 Å². The third kappa shape index (κ3) is 4.17. The predicted octanol–water partition coefficient (Wildman–Crippen LogP) is 3.13. The molecule has 1 saturated heterocycles. The van der Waals surface area contributed by atoms with Gasteiger partial charge in [0.25, 0.3) is 0 Å². The molecule has 1 unspecified atom stereocenters. The van der Waals surface area contributed by atoms with E-state index in [1.807, 2.05) is 6.92 Å². The number of aryl methyl sites for hydroxylation is 2. The third-order valence-electron chi connectivity index (χ3n) is 3.76. The summed E-state index contributed by atoms with van der Waals surface area (Å²) >= 11 is 0. The second kappa shape index (κ2) is 7.58. The van der Waals surface area contributed by atoms with E-state index in [1.165, 1.54) is 19.3 Å². The molecule has 1 aromatic heterocycles. The first-order valence-corrected chi connectivity index (χ1v) is 7.94. The molecule has 0 amide bonds. The highest BCUT2D eigenvalue weighted by Gasteiger charge is 2.19. The van der Waals surface area contributed by atoms with Crippen molar-refractivity contribution in [2.45, 2.75) is 59.0 Å². The van der Waals surface area contributed by atoms with Crippen LogP contribution in [-0.4, -0.2) is 35.8 Å². The molecule has 0 bridgehead atoms. The SMILES string of the molecule is CCCN(CC1CCCCO1)c1cc(CC)nc(C)n1. The summed E-state index contributed by atoms with van der Waals surface area (Å²) in [5, 5.41) is 0. The van der Waals surface area contributed by atoms with Crippen LogP contribution in [0.1, 0.15) is 51.0 Å². The summed E-state index contributed by atoms with van der Waals surface area (Å²) in [6, 6.07) is 2.13. The summed E-state index contributed by atoms with van der Waals surface area (Å²) in [5.41, 5.74) is 1.12. The molecular formula is C16H27N3O. The second-order valence-electron chi connectivity index (χ2n) is 5.55. The monoisotopic (exact) mass is 277 g/mol. The lowest BCUT2D eigenvalue weighted by Gasteiger charge is -2.30. The van der Waals surface area contributed by atoms with Crippen molar-refractivity contribution in [1.82, 2.24) is 9.97 Å². The van der Waals surface area contributed by atoms with E-state index in [4.69, 9.17) is 4.74 Å². The van der Waals surface area contributed by atoms with Crippen LogP contribution in [0.5, 0.6) is 0 Å². The Labute approximate surface area is 122 Å². The molecule has 1 aliphatic rings. The Balaban J connectivity index is 2.12. The summed E-state index contributed by atoms with van der Waals surface area (Å²) in [6.45, 7) is 9.22. The molecule has 1 aromatic rings. The number of anilines is 1. The van der Waals surface area contributed by atoms with Crippen LogP contribution in [0.25, 0.3) is 0 Å². The molecule has 0 aromatic carbocycles. The fraction of sp³-hybridized carbons (Fsp3) is 0.750. The molecule has 112 valence electrons. The average Bonchev–Trinajstić information content (AvgIpc) is 2.47. The maximum absolute atomic E-state index is 5.88. The van der Waals surface area contributed by atoms with Crippen LogP contribution in [0.15, 0.2) is 6.07 Å². The number of aromatic nitrogens is 2. The van der Waals surface area contributed by atoms with Crippen LogP contribution >= 0.6 is 0 Å². The molecule has 1 aliphatic heterocycles. The maximum Gasteiger partial charge on any atom is 0.132 e. The predicted molar refractivity (Wildman–Crippen MR) is 82.2 cm³/mol. The van der Waals surface area contributed by atoms with E-state index in [1.54, 1.807) is 0 Å². The molecule has 0 N–H and O–H groups in total. The van der Waals surface area contributed by atoms with Crippen molar-refractivity contribution >= 4 is 5.82 Å². The Morgan fingerprint density at radius 3 is 2.80 bits per heavy atom. The molecule has 0 saturated carbocycles. The summed E-state index contributed by atoms with van der Waals surface area (Å²) in [5.74, 6) is 1.93. The van der Waals surface area contributed by atoms with E-state index >= 15 is 0 Å².